The summed E-state index contributed by atoms with van der Waals surface area (Å²) in [5, 5.41) is 13.5. The summed E-state index contributed by atoms with van der Waals surface area (Å²) in [7, 11) is -3.94. The second-order valence-corrected chi connectivity index (χ2v) is 10.7. The first-order valence-corrected chi connectivity index (χ1v) is 12.4. The van der Waals surface area contributed by atoms with Crippen LogP contribution in [0.2, 0.25) is 0 Å². The van der Waals surface area contributed by atoms with Gasteiger partial charge in [0.15, 0.2) is 0 Å². The maximum absolute atomic E-state index is 13.7. The minimum absolute atomic E-state index is 0.124. The lowest BCUT2D eigenvalue weighted by atomic mass is 9.95. The molecule has 3 aromatic carbocycles. The molecule has 0 aliphatic carbocycles. The molecule has 162 valence electrons. The van der Waals surface area contributed by atoms with Crippen molar-refractivity contribution >= 4 is 43.2 Å². The molecular weight excluding hydrogens is 444 g/mol. The zero-order valence-electron chi connectivity index (χ0n) is 17.2. The van der Waals surface area contributed by atoms with Gasteiger partial charge < -0.3 is 0 Å². The number of benzene rings is 3. The van der Waals surface area contributed by atoms with Crippen LogP contribution in [0.1, 0.15) is 16.1 Å². The maximum Gasteiger partial charge on any atom is 0.245 e. The maximum atomic E-state index is 13.7. The van der Waals surface area contributed by atoms with E-state index in [0.717, 1.165) is 26.9 Å². The van der Waals surface area contributed by atoms with Gasteiger partial charge in [-0.05, 0) is 47.4 Å². The third-order valence-corrected chi connectivity index (χ3v) is 8.20. The van der Waals surface area contributed by atoms with Gasteiger partial charge in [-0.3, -0.25) is 10.1 Å². The van der Waals surface area contributed by atoms with Crippen LogP contribution in [0, 0.1) is 6.92 Å². The van der Waals surface area contributed by atoms with Crippen molar-refractivity contribution in [1.82, 2.24) is 14.5 Å². The molecule has 9 heteroatoms. The molecule has 0 fully saturated rings. The van der Waals surface area contributed by atoms with Crippen molar-refractivity contribution in [2.45, 2.75) is 30.8 Å². The first-order valence-electron chi connectivity index (χ1n) is 10.1. The lowest BCUT2D eigenvalue weighted by molar-refractivity contribution is -0.120. The predicted molar refractivity (Wildman–Crippen MR) is 124 cm³/mol. The Kier molecular flexibility index (Phi) is 5.24. The Morgan fingerprint density at radius 1 is 1.00 bits per heavy atom. The molecule has 0 spiro atoms. The molecule has 1 atom stereocenters. The Bertz CT molecular complexity index is 1430. The quantitative estimate of drug-likeness (QED) is 0.497. The predicted octanol–water partition coefficient (Wildman–Crippen LogP) is 3.75. The molecule has 4 aromatic rings. The van der Waals surface area contributed by atoms with Crippen molar-refractivity contribution in [3.63, 3.8) is 0 Å². The van der Waals surface area contributed by atoms with Crippen molar-refractivity contribution in [1.29, 1.82) is 0 Å². The molecule has 0 saturated carbocycles. The van der Waals surface area contributed by atoms with Gasteiger partial charge in [0.25, 0.3) is 0 Å². The number of aromatic nitrogens is 2. The number of nitrogens with zero attached hydrogens (tertiary/aromatic N) is 3. The summed E-state index contributed by atoms with van der Waals surface area (Å²) < 4.78 is 28.8. The van der Waals surface area contributed by atoms with E-state index in [1.54, 1.807) is 25.1 Å². The average molecular weight is 465 g/mol. The molecule has 1 aromatic heterocycles. The topological polar surface area (TPSA) is 92.3 Å². The largest absolute Gasteiger partial charge is 0.299 e. The molecule has 1 amide bonds. The van der Waals surface area contributed by atoms with Crippen molar-refractivity contribution in [2.24, 2.45) is 0 Å². The molecule has 1 N–H and O–H groups in total. The van der Waals surface area contributed by atoms with Crippen LogP contribution in [0.15, 0.2) is 71.6 Å². The smallest absolute Gasteiger partial charge is 0.245 e. The Morgan fingerprint density at radius 3 is 2.47 bits per heavy atom. The van der Waals surface area contributed by atoms with E-state index in [4.69, 9.17) is 0 Å². The average Bonchev–Trinajstić information content (AvgIpc) is 3.22. The minimum atomic E-state index is -3.94. The number of aryl methyl sites for hydroxylation is 1. The fraction of sp³-hybridized carbons (Fsp3) is 0.174. The molecule has 32 heavy (non-hydrogen) atoms. The highest BCUT2D eigenvalue weighted by Crippen LogP contribution is 2.31. The van der Waals surface area contributed by atoms with E-state index < -0.39 is 22.0 Å². The molecule has 0 saturated heterocycles. The minimum Gasteiger partial charge on any atom is -0.299 e. The summed E-state index contributed by atoms with van der Waals surface area (Å²) in [6, 6.07) is 19.4. The van der Waals surface area contributed by atoms with E-state index in [2.05, 4.69) is 15.5 Å². The van der Waals surface area contributed by atoms with E-state index in [1.807, 2.05) is 48.5 Å². The van der Waals surface area contributed by atoms with Crippen molar-refractivity contribution in [3.8, 4) is 0 Å². The van der Waals surface area contributed by atoms with Gasteiger partial charge in [-0.2, -0.15) is 4.31 Å². The van der Waals surface area contributed by atoms with Gasteiger partial charge >= 0.3 is 0 Å². The number of amides is 1. The lowest BCUT2D eigenvalue weighted by Crippen LogP contribution is -2.50. The Balaban J connectivity index is 1.55. The van der Waals surface area contributed by atoms with E-state index >= 15 is 0 Å². The molecule has 1 aliphatic heterocycles. The van der Waals surface area contributed by atoms with E-state index in [9.17, 15) is 13.2 Å². The van der Waals surface area contributed by atoms with E-state index in [-0.39, 0.29) is 17.9 Å². The van der Waals surface area contributed by atoms with Gasteiger partial charge in [-0.15, -0.1) is 10.2 Å². The molecule has 7 nitrogen and oxygen atoms in total. The third-order valence-electron chi connectivity index (χ3n) is 5.59. The molecule has 2 heterocycles. The summed E-state index contributed by atoms with van der Waals surface area (Å²) in [5.41, 5.74) is 1.86. The second kappa shape index (κ2) is 8.09. The fourth-order valence-corrected chi connectivity index (χ4v) is 6.17. The van der Waals surface area contributed by atoms with Crippen LogP contribution in [0.25, 0.3) is 10.8 Å². The monoisotopic (exact) mass is 464 g/mol. The zero-order chi connectivity index (χ0) is 22.3. The number of anilines is 1. The SMILES string of the molecule is Cc1nnc(NC(=O)C2Cc3ccccc3CN2S(=O)(=O)c2ccc3ccccc3c2)s1. The Labute approximate surface area is 189 Å². The second-order valence-electron chi connectivity index (χ2n) is 7.66. The number of sulfonamides is 1. The van der Waals surface area contributed by atoms with Crippen LogP contribution in [-0.4, -0.2) is 34.9 Å². The fourth-order valence-electron chi connectivity index (χ4n) is 3.97. The molecule has 1 unspecified atom stereocenters. The van der Waals surface area contributed by atoms with Gasteiger partial charge in [0.1, 0.15) is 11.0 Å². The highest BCUT2D eigenvalue weighted by atomic mass is 32.2. The van der Waals surface area contributed by atoms with Crippen LogP contribution in [0.3, 0.4) is 0 Å². The van der Waals surface area contributed by atoms with E-state index in [1.165, 1.54) is 15.6 Å². The van der Waals surface area contributed by atoms with Crippen molar-refractivity contribution in [3.05, 3.63) is 82.9 Å². The normalized spacial score (nSPS) is 16.6. The summed E-state index contributed by atoms with van der Waals surface area (Å²) in [5.74, 6) is -0.417. The van der Waals surface area contributed by atoms with Crippen LogP contribution in [-0.2, 0) is 27.8 Å². The number of hydrogen-bond acceptors (Lipinski definition) is 6. The molecular formula is C23H20N4O3S2. The van der Waals surface area contributed by atoms with Crippen LogP contribution in [0.5, 0.6) is 0 Å². The number of fused-ring (bicyclic) bond motifs is 2. The van der Waals surface area contributed by atoms with Gasteiger partial charge in [0, 0.05) is 6.54 Å². The summed E-state index contributed by atoms with van der Waals surface area (Å²) in [4.78, 5) is 13.4. The van der Waals surface area contributed by atoms with Gasteiger partial charge in [-0.1, -0.05) is 65.9 Å². The summed E-state index contributed by atoms with van der Waals surface area (Å²) in [6.45, 7) is 1.92. The summed E-state index contributed by atoms with van der Waals surface area (Å²) >= 11 is 1.25. The first kappa shape index (κ1) is 20.7. The molecule has 0 radical (unpaired) electrons. The van der Waals surface area contributed by atoms with Crippen LogP contribution in [0.4, 0.5) is 5.13 Å². The Morgan fingerprint density at radius 2 is 1.72 bits per heavy atom. The Hall–Kier alpha value is -3.14. The number of hydrogen-bond donors (Lipinski definition) is 1. The van der Waals surface area contributed by atoms with Gasteiger partial charge in [0.2, 0.25) is 21.1 Å². The van der Waals surface area contributed by atoms with Crippen molar-refractivity contribution in [2.75, 3.05) is 5.32 Å². The van der Waals surface area contributed by atoms with Gasteiger partial charge in [-0.25, -0.2) is 8.42 Å². The zero-order valence-corrected chi connectivity index (χ0v) is 18.9. The van der Waals surface area contributed by atoms with Crippen LogP contribution < -0.4 is 5.32 Å². The standard InChI is InChI=1S/C23H20N4O3S2/c1-15-25-26-23(31-15)24-22(28)21-13-18-8-4-5-9-19(18)14-27(21)32(29,30)20-11-10-16-6-2-3-7-17(16)12-20/h2-12,21H,13-14H2,1H3,(H,24,26,28). The third kappa shape index (κ3) is 3.79. The molecule has 5 rings (SSSR count). The lowest BCUT2D eigenvalue weighted by Gasteiger charge is -2.34. The van der Waals surface area contributed by atoms with Gasteiger partial charge in [0.05, 0.1) is 4.90 Å². The number of nitrogens with one attached hydrogen (secondary N) is 1. The summed E-state index contributed by atoms with van der Waals surface area (Å²) in [6.07, 6.45) is 0.284. The first-order chi connectivity index (χ1) is 15.4. The van der Waals surface area contributed by atoms with Crippen molar-refractivity contribution < 1.29 is 13.2 Å². The van der Waals surface area contributed by atoms with Crippen LogP contribution >= 0.6 is 11.3 Å². The molecule has 1 aliphatic rings. The van der Waals surface area contributed by atoms with E-state index in [0.29, 0.717) is 5.13 Å². The number of carbonyl (C=O) groups excluding carboxylic acids is 1. The number of carbonyl (C=O) groups is 1. The highest BCUT2D eigenvalue weighted by Gasteiger charge is 2.40. The molecule has 0 bridgehead atoms. The number of rotatable bonds is 4. The highest BCUT2D eigenvalue weighted by molar-refractivity contribution is 7.89.